The zero-order valence-corrected chi connectivity index (χ0v) is 19.5. The van der Waals surface area contributed by atoms with Crippen molar-refractivity contribution in [1.82, 2.24) is 9.55 Å². The van der Waals surface area contributed by atoms with Crippen molar-refractivity contribution < 1.29 is 4.79 Å². The van der Waals surface area contributed by atoms with Gasteiger partial charge in [-0.2, -0.15) is 0 Å². The Morgan fingerprint density at radius 3 is 2.38 bits per heavy atom. The molecule has 1 atom stereocenters. The summed E-state index contributed by atoms with van der Waals surface area (Å²) in [5.41, 5.74) is 11.6. The van der Waals surface area contributed by atoms with E-state index >= 15 is 0 Å². The summed E-state index contributed by atoms with van der Waals surface area (Å²) in [6.07, 6.45) is 0. The van der Waals surface area contributed by atoms with Crippen molar-refractivity contribution in [3.05, 3.63) is 98.8 Å². The van der Waals surface area contributed by atoms with Gasteiger partial charge in [0.25, 0.3) is 11.5 Å². The Morgan fingerprint density at radius 1 is 1.06 bits per heavy atom. The van der Waals surface area contributed by atoms with Crippen LogP contribution in [0.4, 0.5) is 11.6 Å². The maximum Gasteiger partial charge on any atom is 0.262 e. The van der Waals surface area contributed by atoms with E-state index in [1.165, 1.54) is 11.1 Å². The maximum atomic E-state index is 13.4. The summed E-state index contributed by atoms with van der Waals surface area (Å²) in [4.78, 5) is 32.5. The second-order valence-corrected chi connectivity index (χ2v) is 8.93. The first-order chi connectivity index (χ1) is 16.3. The molecule has 0 spiro atoms. The number of rotatable bonds is 5. The average Bonchev–Trinajstić information content (AvgIpc) is 3.25. The van der Waals surface area contributed by atoms with Gasteiger partial charge < -0.3 is 16.0 Å². The topological polar surface area (TPSA) is 93.2 Å². The summed E-state index contributed by atoms with van der Waals surface area (Å²) in [5.74, 6) is 0.149. The van der Waals surface area contributed by atoms with Crippen LogP contribution < -0.4 is 21.5 Å². The van der Waals surface area contributed by atoms with Crippen LogP contribution in [0.25, 0.3) is 10.9 Å². The molecule has 0 bridgehead atoms. The van der Waals surface area contributed by atoms with Crippen LogP contribution in [0, 0.1) is 6.92 Å². The molecule has 2 heterocycles. The molecule has 172 valence electrons. The van der Waals surface area contributed by atoms with Gasteiger partial charge in [0, 0.05) is 31.4 Å². The van der Waals surface area contributed by atoms with E-state index < -0.39 is 5.91 Å². The zero-order chi connectivity index (χ0) is 24.0. The fourth-order valence-corrected chi connectivity index (χ4v) is 4.76. The van der Waals surface area contributed by atoms with Crippen molar-refractivity contribution in [1.29, 1.82) is 0 Å². The van der Waals surface area contributed by atoms with Crippen molar-refractivity contribution in [2.45, 2.75) is 33.0 Å². The molecule has 1 unspecified atom stereocenters. The first-order valence-corrected chi connectivity index (χ1v) is 11.3. The number of para-hydroxylation sites is 1. The third kappa shape index (κ3) is 3.69. The molecule has 1 aromatic heterocycles. The number of nitrogens with one attached hydrogen (secondary N) is 1. The molecule has 0 radical (unpaired) electrons. The van der Waals surface area contributed by atoms with Crippen LogP contribution in [0.1, 0.15) is 45.6 Å². The number of fused-ring (bicyclic) bond motifs is 2. The number of carbonyl (C=O) groups excluding carboxylic acids is 1. The van der Waals surface area contributed by atoms with E-state index in [0.717, 1.165) is 11.1 Å². The standard InChI is InChI=1S/C27H27N5O2/c1-16-12-21(17(2)29-23-11-7-6-10-20(23)25(28)33)24-22(13-16)26(34)31(3)27(30-24)32-14-18-8-4-5-9-19(18)15-32/h4-13,17,29H,14-15H2,1-3H3,(H2,28,33). The molecule has 4 aromatic rings. The van der Waals surface area contributed by atoms with E-state index in [2.05, 4.69) is 22.3 Å². The van der Waals surface area contributed by atoms with Gasteiger partial charge in [0.15, 0.2) is 0 Å². The summed E-state index contributed by atoms with van der Waals surface area (Å²) in [6, 6.07) is 19.2. The van der Waals surface area contributed by atoms with Crippen LogP contribution in [0.3, 0.4) is 0 Å². The Bertz CT molecular complexity index is 1470. The summed E-state index contributed by atoms with van der Waals surface area (Å²) in [5, 5.41) is 3.98. The molecule has 5 rings (SSSR count). The lowest BCUT2D eigenvalue weighted by Crippen LogP contribution is -2.28. The molecule has 7 heteroatoms. The Kier molecular flexibility index (Phi) is 5.32. The van der Waals surface area contributed by atoms with Crippen molar-refractivity contribution in [2.75, 3.05) is 10.2 Å². The van der Waals surface area contributed by atoms with Gasteiger partial charge in [0.05, 0.1) is 22.5 Å². The smallest absolute Gasteiger partial charge is 0.262 e. The highest BCUT2D eigenvalue weighted by Gasteiger charge is 2.24. The maximum absolute atomic E-state index is 13.4. The summed E-state index contributed by atoms with van der Waals surface area (Å²) in [6.45, 7) is 5.39. The molecular formula is C27H27N5O2. The molecule has 7 nitrogen and oxygen atoms in total. The number of hydrogen-bond acceptors (Lipinski definition) is 5. The number of aryl methyl sites for hydroxylation is 1. The minimum atomic E-state index is -0.493. The molecular weight excluding hydrogens is 426 g/mol. The van der Waals surface area contributed by atoms with Gasteiger partial charge in [-0.05, 0) is 48.7 Å². The first kappa shape index (κ1) is 21.7. The van der Waals surface area contributed by atoms with Crippen molar-refractivity contribution in [3.63, 3.8) is 0 Å². The first-order valence-electron chi connectivity index (χ1n) is 11.3. The van der Waals surface area contributed by atoms with E-state index in [9.17, 15) is 9.59 Å². The number of carbonyl (C=O) groups is 1. The zero-order valence-electron chi connectivity index (χ0n) is 19.5. The molecule has 0 saturated carbocycles. The van der Waals surface area contributed by atoms with Crippen molar-refractivity contribution in [3.8, 4) is 0 Å². The second kappa shape index (κ2) is 8.33. The molecule has 0 saturated heterocycles. The average molecular weight is 454 g/mol. The van der Waals surface area contributed by atoms with Crippen LogP contribution in [0.5, 0.6) is 0 Å². The monoisotopic (exact) mass is 453 g/mol. The molecule has 1 aliphatic rings. The lowest BCUT2D eigenvalue weighted by atomic mass is 10.0. The Balaban J connectivity index is 1.60. The molecule has 0 fully saturated rings. The van der Waals surface area contributed by atoms with Crippen LogP contribution >= 0.6 is 0 Å². The van der Waals surface area contributed by atoms with E-state index in [4.69, 9.17) is 10.7 Å². The molecule has 34 heavy (non-hydrogen) atoms. The highest BCUT2D eigenvalue weighted by Crippen LogP contribution is 2.31. The van der Waals surface area contributed by atoms with Gasteiger partial charge >= 0.3 is 0 Å². The lowest BCUT2D eigenvalue weighted by molar-refractivity contribution is 0.100. The minimum absolute atomic E-state index is 0.0781. The third-order valence-electron chi connectivity index (χ3n) is 6.49. The van der Waals surface area contributed by atoms with Crippen LogP contribution in [0.15, 0.2) is 65.5 Å². The van der Waals surface area contributed by atoms with E-state index in [1.54, 1.807) is 23.7 Å². The Morgan fingerprint density at radius 2 is 1.71 bits per heavy atom. The largest absolute Gasteiger partial charge is 0.378 e. The van der Waals surface area contributed by atoms with Gasteiger partial charge in [-0.1, -0.05) is 42.5 Å². The fraction of sp³-hybridized carbons (Fsp3) is 0.222. The predicted molar refractivity (Wildman–Crippen MR) is 135 cm³/mol. The van der Waals surface area contributed by atoms with Crippen LogP contribution in [-0.4, -0.2) is 15.5 Å². The van der Waals surface area contributed by atoms with Gasteiger partial charge in [-0.15, -0.1) is 0 Å². The van der Waals surface area contributed by atoms with Crippen LogP contribution in [0.2, 0.25) is 0 Å². The number of anilines is 2. The van der Waals surface area contributed by atoms with E-state index in [-0.39, 0.29) is 11.6 Å². The number of benzene rings is 3. The van der Waals surface area contributed by atoms with Crippen molar-refractivity contribution >= 4 is 28.4 Å². The lowest BCUT2D eigenvalue weighted by Gasteiger charge is -2.23. The number of primary amides is 1. The fourth-order valence-electron chi connectivity index (χ4n) is 4.76. The SMILES string of the molecule is Cc1cc(C(C)Nc2ccccc2C(N)=O)c2nc(N3Cc4ccccc4C3)n(C)c(=O)c2c1. The summed E-state index contributed by atoms with van der Waals surface area (Å²) < 4.78 is 1.64. The molecule has 1 aliphatic heterocycles. The minimum Gasteiger partial charge on any atom is -0.378 e. The van der Waals surface area contributed by atoms with E-state index in [0.29, 0.717) is 41.2 Å². The molecule has 1 amide bonds. The quantitative estimate of drug-likeness (QED) is 0.476. The van der Waals surface area contributed by atoms with Crippen molar-refractivity contribution in [2.24, 2.45) is 12.8 Å². The van der Waals surface area contributed by atoms with Gasteiger partial charge in [-0.25, -0.2) is 4.98 Å². The Labute approximate surface area is 197 Å². The normalized spacial score (nSPS) is 13.7. The number of nitrogens with two attached hydrogens (primary N) is 1. The molecule has 3 aromatic carbocycles. The predicted octanol–water partition coefficient (Wildman–Crippen LogP) is 4.03. The number of nitrogens with zero attached hydrogens (tertiary/aromatic N) is 3. The summed E-state index contributed by atoms with van der Waals surface area (Å²) >= 11 is 0. The number of hydrogen-bond donors (Lipinski definition) is 2. The van der Waals surface area contributed by atoms with E-state index in [1.807, 2.05) is 50.2 Å². The van der Waals surface area contributed by atoms with Gasteiger partial charge in [0.1, 0.15) is 0 Å². The molecule has 3 N–H and O–H groups in total. The molecule has 0 aliphatic carbocycles. The highest BCUT2D eigenvalue weighted by atomic mass is 16.1. The van der Waals surface area contributed by atoms with Gasteiger partial charge in [0.2, 0.25) is 5.95 Å². The van der Waals surface area contributed by atoms with Crippen LogP contribution in [-0.2, 0) is 20.1 Å². The Hall–Kier alpha value is -4.13. The highest BCUT2D eigenvalue weighted by molar-refractivity contribution is 5.98. The van der Waals surface area contributed by atoms with Gasteiger partial charge in [-0.3, -0.25) is 14.2 Å². The number of amides is 1. The second-order valence-electron chi connectivity index (χ2n) is 8.93. The third-order valence-corrected chi connectivity index (χ3v) is 6.49. The number of aromatic nitrogens is 2. The summed E-state index contributed by atoms with van der Waals surface area (Å²) in [7, 11) is 1.78.